The largest absolute Gasteiger partial charge is 0.382 e. The molecule has 0 unspecified atom stereocenters. The molecule has 2 aromatic carbocycles. The predicted octanol–water partition coefficient (Wildman–Crippen LogP) is 3.00. The van der Waals surface area contributed by atoms with Crippen LogP contribution in [0.3, 0.4) is 0 Å². The molecular weight excluding hydrogens is 544 g/mol. The lowest BCUT2D eigenvalue weighted by Crippen LogP contribution is -2.42. The van der Waals surface area contributed by atoms with Crippen LogP contribution in [0.4, 0.5) is 5.69 Å². The Morgan fingerprint density at radius 1 is 1.06 bits per heavy atom. The van der Waals surface area contributed by atoms with E-state index in [1.54, 1.807) is 42.5 Å². The van der Waals surface area contributed by atoms with E-state index in [1.165, 1.54) is 16.4 Å². The molecule has 1 aromatic heterocycles. The second kappa shape index (κ2) is 10.5. The Kier molecular flexibility index (Phi) is 7.74. The van der Waals surface area contributed by atoms with Gasteiger partial charge in [-0.1, -0.05) is 17.7 Å². The number of carbonyl (C=O) groups excluding carboxylic acids is 1. The molecule has 192 valence electrons. The lowest BCUT2D eigenvalue weighted by molar-refractivity contribution is 0.0999. The monoisotopic (exact) mass is 568 g/mol. The van der Waals surface area contributed by atoms with E-state index in [4.69, 9.17) is 22.5 Å². The van der Waals surface area contributed by atoms with Gasteiger partial charge in [-0.25, -0.2) is 22.0 Å². The van der Waals surface area contributed by atoms with E-state index in [9.17, 15) is 21.6 Å². The topological polar surface area (TPSA) is 153 Å². The molecule has 1 aliphatic rings. The van der Waals surface area contributed by atoms with E-state index in [-0.39, 0.29) is 15.1 Å². The number of nitrogens with zero attached hydrogens (tertiary/aromatic N) is 1. The van der Waals surface area contributed by atoms with Crippen LogP contribution in [0.5, 0.6) is 0 Å². The number of amides is 1. The predicted molar refractivity (Wildman–Crippen MR) is 140 cm³/mol. The van der Waals surface area contributed by atoms with Gasteiger partial charge in [0.1, 0.15) is 4.21 Å². The lowest BCUT2D eigenvalue weighted by Gasteiger charge is -2.31. The molecule has 1 aliphatic heterocycles. The summed E-state index contributed by atoms with van der Waals surface area (Å²) in [4.78, 5) is 12.5. The van der Waals surface area contributed by atoms with Crippen molar-refractivity contribution in [2.24, 2.45) is 10.9 Å². The number of hydrogen-bond donors (Lipinski definition) is 3. The maximum atomic E-state index is 13.2. The van der Waals surface area contributed by atoms with E-state index >= 15 is 0 Å². The molecule has 1 saturated heterocycles. The maximum absolute atomic E-state index is 13.2. The van der Waals surface area contributed by atoms with Crippen molar-refractivity contribution >= 4 is 54.6 Å². The van der Waals surface area contributed by atoms with Gasteiger partial charge in [-0.15, -0.1) is 11.3 Å². The van der Waals surface area contributed by atoms with Crippen molar-refractivity contribution in [1.82, 2.24) is 4.31 Å². The second-order valence-electron chi connectivity index (χ2n) is 8.46. The number of halogens is 1. The number of rotatable bonds is 8. The molecule has 1 fully saturated rings. The molecule has 0 spiro atoms. The average Bonchev–Trinajstić information content (AvgIpc) is 3.28. The summed E-state index contributed by atoms with van der Waals surface area (Å²) in [6.45, 7) is 0.643. The number of carbonyl (C=O) groups is 1. The van der Waals surface area contributed by atoms with Crippen molar-refractivity contribution in [2.45, 2.75) is 34.4 Å². The molecule has 1 amide bonds. The molecule has 13 heteroatoms. The molecule has 4 rings (SSSR count). The van der Waals surface area contributed by atoms with Crippen LogP contribution in [0, 0.1) is 0 Å². The minimum atomic E-state index is -3.81. The fourth-order valence-electron chi connectivity index (χ4n) is 4.09. The summed E-state index contributed by atoms with van der Waals surface area (Å²) in [5.41, 5.74) is 7.06. The number of sulfonamides is 2. The number of anilines is 1. The average molecular weight is 569 g/mol. The number of primary amides is 1. The van der Waals surface area contributed by atoms with Gasteiger partial charge in [-0.05, 0) is 66.9 Å². The van der Waals surface area contributed by atoms with Gasteiger partial charge < -0.3 is 11.1 Å². The number of thiophene rings is 1. The number of primary sulfonamides is 1. The van der Waals surface area contributed by atoms with Crippen LogP contribution in [0.2, 0.25) is 5.02 Å². The van der Waals surface area contributed by atoms with E-state index in [0.717, 1.165) is 16.2 Å². The highest BCUT2D eigenvalue weighted by Crippen LogP contribution is 2.30. The molecule has 0 atom stereocenters. The SMILES string of the molecule is NC(=O)c1ccc(Cl)cc1Cc1ccc(S(=O)(=O)N2CCC(Nc3cccc(S(N)(=O)=O)c3)CC2)s1. The highest BCUT2D eigenvalue weighted by Gasteiger charge is 2.30. The summed E-state index contributed by atoms with van der Waals surface area (Å²) < 4.78 is 51.3. The quantitative estimate of drug-likeness (QED) is 0.380. The smallest absolute Gasteiger partial charge is 0.252 e. The van der Waals surface area contributed by atoms with Gasteiger partial charge >= 0.3 is 0 Å². The van der Waals surface area contributed by atoms with Crippen molar-refractivity contribution in [3.8, 4) is 0 Å². The molecule has 36 heavy (non-hydrogen) atoms. The van der Waals surface area contributed by atoms with Crippen LogP contribution in [-0.2, 0) is 26.5 Å². The molecule has 0 aliphatic carbocycles. The fourth-order valence-corrected chi connectivity index (χ4v) is 7.85. The van der Waals surface area contributed by atoms with E-state index in [2.05, 4.69) is 5.32 Å². The fraction of sp³-hybridized carbons (Fsp3) is 0.261. The first kappa shape index (κ1) is 26.6. The minimum absolute atomic E-state index is 0.0128. The summed E-state index contributed by atoms with van der Waals surface area (Å²) in [6.07, 6.45) is 1.45. The van der Waals surface area contributed by atoms with Gasteiger partial charge in [0.25, 0.3) is 10.0 Å². The van der Waals surface area contributed by atoms with Gasteiger partial charge in [-0.3, -0.25) is 4.79 Å². The maximum Gasteiger partial charge on any atom is 0.252 e. The standard InChI is InChI=1S/C23H25ClN4O5S3/c24-16-4-6-21(23(25)29)15(12-16)13-19-5-7-22(34-19)36(32,33)28-10-8-17(9-11-28)27-18-2-1-3-20(14-18)35(26,30)31/h1-7,12,14,17,27H,8-11,13H2,(H2,25,29)(H2,26,30,31). The summed E-state index contributed by atoms with van der Waals surface area (Å²) >= 11 is 7.22. The van der Waals surface area contributed by atoms with Crippen LogP contribution in [-0.4, -0.2) is 46.2 Å². The number of nitrogens with two attached hydrogens (primary N) is 2. The number of piperidine rings is 1. The summed E-state index contributed by atoms with van der Waals surface area (Å²) in [7, 11) is -7.49. The Hall–Kier alpha value is -2.48. The zero-order chi connectivity index (χ0) is 26.1. The van der Waals surface area contributed by atoms with Crippen molar-refractivity contribution < 1.29 is 21.6 Å². The van der Waals surface area contributed by atoms with Gasteiger partial charge in [0.15, 0.2) is 0 Å². The Labute approximate surface area is 219 Å². The van der Waals surface area contributed by atoms with Crippen molar-refractivity contribution in [3.63, 3.8) is 0 Å². The molecule has 9 nitrogen and oxygen atoms in total. The highest BCUT2D eigenvalue weighted by molar-refractivity contribution is 7.91. The van der Waals surface area contributed by atoms with Crippen LogP contribution >= 0.6 is 22.9 Å². The second-order valence-corrected chi connectivity index (χ2v) is 13.8. The molecular formula is C23H25ClN4O5S3. The van der Waals surface area contributed by atoms with Gasteiger partial charge in [0.05, 0.1) is 4.90 Å². The number of hydrogen-bond acceptors (Lipinski definition) is 7. The minimum Gasteiger partial charge on any atom is -0.382 e. The Morgan fingerprint density at radius 2 is 1.78 bits per heavy atom. The normalized spacial score (nSPS) is 15.6. The van der Waals surface area contributed by atoms with Gasteiger partial charge in [0, 0.05) is 46.7 Å². The molecule has 0 bridgehead atoms. The van der Waals surface area contributed by atoms with Gasteiger partial charge in [0.2, 0.25) is 15.9 Å². The highest BCUT2D eigenvalue weighted by atomic mass is 35.5. The zero-order valence-electron chi connectivity index (χ0n) is 19.1. The first-order valence-corrected chi connectivity index (χ1v) is 15.2. The summed E-state index contributed by atoms with van der Waals surface area (Å²) in [5.74, 6) is -0.570. The Bertz CT molecular complexity index is 1500. The van der Waals surface area contributed by atoms with Crippen LogP contribution in [0.25, 0.3) is 0 Å². The third kappa shape index (κ3) is 6.07. The molecule has 0 radical (unpaired) electrons. The van der Waals surface area contributed by atoms with Gasteiger partial charge in [-0.2, -0.15) is 4.31 Å². The first-order chi connectivity index (χ1) is 16.9. The van der Waals surface area contributed by atoms with Crippen LogP contribution in [0.15, 0.2) is 63.7 Å². The van der Waals surface area contributed by atoms with E-state index < -0.39 is 26.0 Å². The van der Waals surface area contributed by atoms with E-state index in [0.29, 0.717) is 54.2 Å². The number of benzene rings is 2. The third-order valence-electron chi connectivity index (χ3n) is 5.92. The van der Waals surface area contributed by atoms with Crippen LogP contribution in [0.1, 0.15) is 33.6 Å². The first-order valence-electron chi connectivity index (χ1n) is 11.0. The molecule has 3 aromatic rings. The Morgan fingerprint density at radius 3 is 2.44 bits per heavy atom. The Balaban J connectivity index is 1.41. The summed E-state index contributed by atoms with van der Waals surface area (Å²) in [5, 5.41) is 8.93. The van der Waals surface area contributed by atoms with Crippen molar-refractivity contribution in [1.29, 1.82) is 0 Å². The molecule has 0 saturated carbocycles. The van der Waals surface area contributed by atoms with Crippen LogP contribution < -0.4 is 16.2 Å². The molecule has 5 N–H and O–H groups in total. The third-order valence-corrected chi connectivity index (χ3v) is 10.5. The van der Waals surface area contributed by atoms with Crippen molar-refractivity contribution in [3.05, 3.63) is 75.6 Å². The number of nitrogens with one attached hydrogen (secondary N) is 1. The lowest BCUT2D eigenvalue weighted by atomic mass is 10.0. The van der Waals surface area contributed by atoms with E-state index in [1.807, 2.05) is 0 Å². The zero-order valence-corrected chi connectivity index (χ0v) is 22.3. The summed E-state index contributed by atoms with van der Waals surface area (Å²) in [6, 6.07) is 14.3. The molecule has 2 heterocycles. The van der Waals surface area contributed by atoms with Crippen molar-refractivity contribution in [2.75, 3.05) is 18.4 Å².